The maximum Gasteiger partial charge on any atom is 0.180 e. The lowest BCUT2D eigenvalue weighted by molar-refractivity contribution is 0.250. The highest BCUT2D eigenvalue weighted by atomic mass is 16.3. The normalized spacial score (nSPS) is 11.8. The molecule has 2 aromatic carbocycles. The Kier molecular flexibility index (Phi) is 6.70. The van der Waals surface area contributed by atoms with Crippen LogP contribution >= 0.6 is 0 Å². The van der Waals surface area contributed by atoms with Crippen molar-refractivity contribution in [1.82, 2.24) is 30.4 Å². The minimum Gasteiger partial charge on any atom is -0.390 e. The first-order chi connectivity index (χ1) is 15.9. The molecule has 172 valence electrons. The van der Waals surface area contributed by atoms with E-state index in [4.69, 9.17) is 5.10 Å². The minimum absolute atomic E-state index is 0.00119. The van der Waals surface area contributed by atoms with Gasteiger partial charge >= 0.3 is 0 Å². The number of hydrogen-bond donors (Lipinski definition) is 2. The molecule has 0 atom stereocenters. The van der Waals surface area contributed by atoms with Crippen LogP contribution < -0.4 is 0 Å². The molecule has 4 rings (SSSR count). The van der Waals surface area contributed by atoms with E-state index < -0.39 is 0 Å². The number of H-pyrrole nitrogens is 1. The van der Waals surface area contributed by atoms with Gasteiger partial charge in [-0.3, -0.25) is 4.68 Å². The monoisotopic (exact) mass is 444 g/mol. The van der Waals surface area contributed by atoms with Crippen LogP contribution in [-0.4, -0.2) is 35.5 Å². The molecule has 0 saturated heterocycles. The third kappa shape index (κ3) is 5.20. The van der Waals surface area contributed by atoms with Crippen LogP contribution in [0.4, 0.5) is 0 Å². The Labute approximate surface area is 194 Å². The van der Waals surface area contributed by atoms with Crippen LogP contribution in [0.1, 0.15) is 56.6 Å². The Morgan fingerprint density at radius 1 is 1.00 bits per heavy atom. The van der Waals surface area contributed by atoms with Gasteiger partial charge in [-0.25, -0.2) is 5.10 Å². The second-order valence-corrected chi connectivity index (χ2v) is 9.67. The standard InChI is InChI=1S/C26H32N6O/c1-5-8-23-22(24(16-33)32(29-23)17-26(2,3)4)15-18-11-13-19(14-12-18)20-9-6-7-10-21(20)25-27-30-31-28-25/h6-7,9-14,33H,5,8,15-17H2,1-4H3,(H,27,28,30,31). The molecule has 0 spiro atoms. The molecule has 0 saturated carbocycles. The lowest BCUT2D eigenvalue weighted by Crippen LogP contribution is -2.18. The lowest BCUT2D eigenvalue weighted by Gasteiger charge is -2.19. The number of rotatable bonds is 8. The van der Waals surface area contributed by atoms with Gasteiger partial charge in [0, 0.05) is 24.1 Å². The van der Waals surface area contributed by atoms with Gasteiger partial charge in [-0.15, -0.1) is 5.10 Å². The lowest BCUT2D eigenvalue weighted by atomic mass is 9.95. The third-order valence-electron chi connectivity index (χ3n) is 5.68. The zero-order valence-electron chi connectivity index (χ0n) is 19.8. The van der Waals surface area contributed by atoms with E-state index in [2.05, 4.69) is 78.7 Å². The summed E-state index contributed by atoms with van der Waals surface area (Å²) in [5.74, 6) is 0.651. The molecule has 0 radical (unpaired) electrons. The van der Waals surface area contributed by atoms with Crippen LogP contribution in [0.15, 0.2) is 48.5 Å². The van der Waals surface area contributed by atoms with Crippen molar-refractivity contribution in [2.24, 2.45) is 5.41 Å². The Morgan fingerprint density at radius 2 is 1.73 bits per heavy atom. The second-order valence-electron chi connectivity index (χ2n) is 9.67. The highest BCUT2D eigenvalue weighted by Crippen LogP contribution is 2.31. The van der Waals surface area contributed by atoms with Crippen LogP contribution in [0, 0.1) is 5.41 Å². The predicted octanol–water partition coefficient (Wildman–Crippen LogP) is 4.81. The summed E-state index contributed by atoms with van der Waals surface area (Å²) in [5, 5.41) is 29.4. The average Bonchev–Trinajstić information content (AvgIpc) is 3.42. The van der Waals surface area contributed by atoms with Crippen LogP contribution in [0.3, 0.4) is 0 Å². The van der Waals surface area contributed by atoms with Crippen molar-refractivity contribution in [2.75, 3.05) is 0 Å². The SMILES string of the molecule is CCCc1nn(CC(C)(C)C)c(CO)c1Cc1ccc(-c2ccccc2-c2nnn[nH]2)cc1. The molecule has 7 heteroatoms. The van der Waals surface area contributed by atoms with Crippen molar-refractivity contribution >= 4 is 0 Å². The number of nitrogens with one attached hydrogen (secondary N) is 1. The van der Waals surface area contributed by atoms with Crippen molar-refractivity contribution < 1.29 is 5.11 Å². The quantitative estimate of drug-likeness (QED) is 0.407. The van der Waals surface area contributed by atoms with Crippen LogP contribution in [0.25, 0.3) is 22.5 Å². The first-order valence-corrected chi connectivity index (χ1v) is 11.5. The van der Waals surface area contributed by atoms with Gasteiger partial charge in [-0.05, 0) is 39.0 Å². The van der Waals surface area contributed by atoms with E-state index in [0.717, 1.165) is 59.4 Å². The van der Waals surface area contributed by atoms with Crippen LogP contribution in [0.2, 0.25) is 0 Å². The fraction of sp³-hybridized carbons (Fsp3) is 0.385. The maximum absolute atomic E-state index is 10.2. The Bertz CT molecular complexity index is 1190. The third-order valence-corrected chi connectivity index (χ3v) is 5.68. The number of hydrogen-bond acceptors (Lipinski definition) is 5. The van der Waals surface area contributed by atoms with E-state index in [1.165, 1.54) is 5.56 Å². The summed E-state index contributed by atoms with van der Waals surface area (Å²) in [6.07, 6.45) is 2.69. The van der Waals surface area contributed by atoms with E-state index in [9.17, 15) is 5.11 Å². The van der Waals surface area contributed by atoms with Gasteiger partial charge < -0.3 is 5.11 Å². The van der Waals surface area contributed by atoms with Crippen LogP contribution in [-0.2, 0) is 26.0 Å². The molecule has 0 aliphatic rings. The first-order valence-electron chi connectivity index (χ1n) is 11.5. The van der Waals surface area contributed by atoms with Gasteiger partial charge in [0.1, 0.15) is 0 Å². The molecule has 2 aromatic heterocycles. The highest BCUT2D eigenvalue weighted by molar-refractivity contribution is 5.80. The molecule has 33 heavy (non-hydrogen) atoms. The first kappa shape index (κ1) is 22.9. The molecule has 0 amide bonds. The van der Waals surface area contributed by atoms with E-state index in [-0.39, 0.29) is 12.0 Å². The van der Waals surface area contributed by atoms with Gasteiger partial charge in [0.2, 0.25) is 0 Å². The van der Waals surface area contributed by atoms with E-state index in [1.54, 1.807) is 0 Å². The number of aryl methyl sites for hydroxylation is 1. The Morgan fingerprint density at radius 3 is 2.33 bits per heavy atom. The summed E-state index contributed by atoms with van der Waals surface area (Å²) >= 11 is 0. The number of aromatic nitrogens is 6. The van der Waals surface area contributed by atoms with Crippen LogP contribution in [0.5, 0.6) is 0 Å². The largest absolute Gasteiger partial charge is 0.390 e. The molecule has 0 aliphatic carbocycles. The summed E-state index contributed by atoms with van der Waals surface area (Å²) in [5.41, 5.74) is 7.60. The summed E-state index contributed by atoms with van der Waals surface area (Å²) < 4.78 is 2.01. The number of tetrazole rings is 1. The van der Waals surface area contributed by atoms with E-state index in [1.807, 2.05) is 22.9 Å². The second kappa shape index (κ2) is 9.67. The summed E-state index contributed by atoms with van der Waals surface area (Å²) in [7, 11) is 0. The molecular formula is C26H32N6O. The Hall–Kier alpha value is -3.32. The van der Waals surface area contributed by atoms with Crippen molar-refractivity contribution in [3.05, 3.63) is 71.0 Å². The van der Waals surface area contributed by atoms with Crippen molar-refractivity contribution in [3.63, 3.8) is 0 Å². The fourth-order valence-electron chi connectivity index (χ4n) is 4.21. The number of benzene rings is 2. The van der Waals surface area contributed by atoms with E-state index >= 15 is 0 Å². The number of aliphatic hydroxyl groups excluding tert-OH is 1. The van der Waals surface area contributed by atoms with Crippen molar-refractivity contribution in [3.8, 4) is 22.5 Å². The predicted molar refractivity (Wildman–Crippen MR) is 129 cm³/mol. The molecule has 0 bridgehead atoms. The molecule has 2 heterocycles. The molecule has 7 nitrogen and oxygen atoms in total. The van der Waals surface area contributed by atoms with E-state index in [0.29, 0.717) is 5.82 Å². The summed E-state index contributed by atoms with van der Waals surface area (Å²) in [4.78, 5) is 0. The summed E-state index contributed by atoms with van der Waals surface area (Å²) in [6.45, 7) is 9.54. The van der Waals surface area contributed by atoms with Gasteiger partial charge in [0.05, 0.1) is 18.0 Å². The maximum atomic E-state index is 10.2. The highest BCUT2D eigenvalue weighted by Gasteiger charge is 2.21. The summed E-state index contributed by atoms with van der Waals surface area (Å²) in [6, 6.07) is 16.7. The molecule has 2 N–H and O–H groups in total. The number of nitrogens with zero attached hydrogens (tertiary/aromatic N) is 5. The van der Waals surface area contributed by atoms with Crippen molar-refractivity contribution in [1.29, 1.82) is 0 Å². The van der Waals surface area contributed by atoms with Crippen molar-refractivity contribution in [2.45, 2.75) is 60.1 Å². The van der Waals surface area contributed by atoms with Gasteiger partial charge in [0.25, 0.3) is 0 Å². The smallest absolute Gasteiger partial charge is 0.180 e. The molecule has 4 aromatic rings. The molecular weight excluding hydrogens is 412 g/mol. The van der Waals surface area contributed by atoms with Gasteiger partial charge in [-0.1, -0.05) is 82.6 Å². The van der Waals surface area contributed by atoms with Gasteiger partial charge in [0.15, 0.2) is 5.82 Å². The topological polar surface area (TPSA) is 92.5 Å². The van der Waals surface area contributed by atoms with Gasteiger partial charge in [-0.2, -0.15) is 5.10 Å². The fourth-order valence-corrected chi connectivity index (χ4v) is 4.21. The zero-order chi connectivity index (χ0) is 23.4. The average molecular weight is 445 g/mol. The minimum atomic E-state index is -0.00119. The molecule has 0 fully saturated rings. The zero-order valence-corrected chi connectivity index (χ0v) is 19.8. The molecule has 0 aliphatic heterocycles. The number of aromatic amines is 1. The number of aliphatic hydroxyl groups is 1. The molecule has 0 unspecified atom stereocenters. The Balaban J connectivity index is 1.64.